The topological polar surface area (TPSA) is 83.8 Å². The summed E-state index contributed by atoms with van der Waals surface area (Å²) in [7, 11) is 0. The van der Waals surface area contributed by atoms with Gasteiger partial charge in [0.1, 0.15) is 0 Å². The molecule has 0 aliphatic heterocycles. The number of aryl methyl sites for hydroxylation is 1. The standard InChI is InChI=1S/C14H24N4O/c1-2-6-11-12(15)13(18-17-11)14(19)16-9-10-7-4-3-5-8-10/h10H,2-9,15H2,1H3,(H,16,19)(H,17,18). The van der Waals surface area contributed by atoms with E-state index in [0.29, 0.717) is 17.3 Å². The van der Waals surface area contributed by atoms with Crippen LogP contribution in [0.2, 0.25) is 0 Å². The summed E-state index contributed by atoms with van der Waals surface area (Å²) in [5.41, 5.74) is 7.66. The van der Waals surface area contributed by atoms with E-state index in [2.05, 4.69) is 22.4 Å². The molecule has 1 aromatic rings. The monoisotopic (exact) mass is 264 g/mol. The third kappa shape index (κ3) is 3.49. The second kappa shape index (κ2) is 6.59. The molecule has 1 amide bonds. The summed E-state index contributed by atoms with van der Waals surface area (Å²) in [5.74, 6) is 0.467. The van der Waals surface area contributed by atoms with Crippen molar-refractivity contribution in [3.05, 3.63) is 11.4 Å². The number of carbonyl (C=O) groups is 1. The van der Waals surface area contributed by atoms with E-state index < -0.39 is 0 Å². The summed E-state index contributed by atoms with van der Waals surface area (Å²) in [6.07, 6.45) is 8.15. The Morgan fingerprint density at radius 3 is 2.84 bits per heavy atom. The van der Waals surface area contributed by atoms with Crippen molar-refractivity contribution in [3.8, 4) is 0 Å². The highest BCUT2D eigenvalue weighted by molar-refractivity contribution is 5.97. The normalized spacial score (nSPS) is 16.5. The third-order valence-electron chi connectivity index (χ3n) is 3.87. The van der Waals surface area contributed by atoms with E-state index in [1.165, 1.54) is 32.1 Å². The van der Waals surface area contributed by atoms with Gasteiger partial charge in [-0.3, -0.25) is 9.89 Å². The minimum absolute atomic E-state index is 0.151. The molecule has 0 radical (unpaired) electrons. The molecule has 0 unspecified atom stereocenters. The van der Waals surface area contributed by atoms with Crippen LogP contribution in [0, 0.1) is 5.92 Å². The molecular formula is C14H24N4O. The minimum atomic E-state index is -0.151. The van der Waals surface area contributed by atoms with Crippen LogP contribution in [-0.2, 0) is 6.42 Å². The summed E-state index contributed by atoms with van der Waals surface area (Å²) in [6, 6.07) is 0. The van der Waals surface area contributed by atoms with E-state index in [1.807, 2.05) is 0 Å². The van der Waals surface area contributed by atoms with Crippen molar-refractivity contribution in [1.82, 2.24) is 15.5 Å². The number of rotatable bonds is 5. The number of aromatic amines is 1. The molecule has 106 valence electrons. The lowest BCUT2D eigenvalue weighted by atomic mass is 9.89. The average Bonchev–Trinajstić information content (AvgIpc) is 2.79. The predicted octanol–water partition coefficient (Wildman–Crippen LogP) is 2.25. The molecule has 1 saturated carbocycles. The zero-order valence-corrected chi connectivity index (χ0v) is 11.7. The highest BCUT2D eigenvalue weighted by atomic mass is 16.1. The van der Waals surface area contributed by atoms with E-state index in [-0.39, 0.29) is 5.91 Å². The van der Waals surface area contributed by atoms with Crippen molar-refractivity contribution < 1.29 is 4.79 Å². The number of amides is 1. The van der Waals surface area contributed by atoms with Gasteiger partial charge in [-0.05, 0) is 25.2 Å². The summed E-state index contributed by atoms with van der Waals surface area (Å²) in [6.45, 7) is 2.82. The molecule has 0 aromatic carbocycles. The molecule has 5 nitrogen and oxygen atoms in total. The Morgan fingerprint density at radius 1 is 1.42 bits per heavy atom. The lowest BCUT2D eigenvalue weighted by Gasteiger charge is -2.21. The summed E-state index contributed by atoms with van der Waals surface area (Å²) in [4.78, 5) is 12.1. The molecule has 0 bridgehead atoms. The Kier molecular flexibility index (Phi) is 4.82. The molecule has 0 saturated heterocycles. The lowest BCUT2D eigenvalue weighted by molar-refractivity contribution is 0.0939. The number of hydrogen-bond donors (Lipinski definition) is 3. The van der Waals surface area contributed by atoms with Gasteiger partial charge in [0, 0.05) is 6.54 Å². The van der Waals surface area contributed by atoms with Crippen LogP contribution in [-0.4, -0.2) is 22.6 Å². The fraction of sp³-hybridized carbons (Fsp3) is 0.714. The van der Waals surface area contributed by atoms with E-state index >= 15 is 0 Å². The molecule has 1 fully saturated rings. The molecule has 1 aliphatic rings. The van der Waals surface area contributed by atoms with Crippen LogP contribution in [0.1, 0.15) is 61.6 Å². The maximum atomic E-state index is 12.1. The van der Waals surface area contributed by atoms with Crippen LogP contribution in [0.25, 0.3) is 0 Å². The highest BCUT2D eigenvalue weighted by Crippen LogP contribution is 2.23. The highest BCUT2D eigenvalue weighted by Gasteiger charge is 2.19. The first-order valence-corrected chi connectivity index (χ1v) is 7.33. The molecule has 2 rings (SSSR count). The van der Waals surface area contributed by atoms with E-state index in [4.69, 9.17) is 5.73 Å². The quantitative estimate of drug-likeness (QED) is 0.762. The Labute approximate surface area is 114 Å². The number of aromatic nitrogens is 2. The van der Waals surface area contributed by atoms with Crippen LogP contribution >= 0.6 is 0 Å². The van der Waals surface area contributed by atoms with Gasteiger partial charge in [-0.1, -0.05) is 32.6 Å². The van der Waals surface area contributed by atoms with Gasteiger partial charge in [-0.25, -0.2) is 0 Å². The van der Waals surface area contributed by atoms with Gasteiger partial charge in [0.05, 0.1) is 11.4 Å². The largest absolute Gasteiger partial charge is 0.395 e. The second-order valence-corrected chi connectivity index (χ2v) is 5.43. The molecule has 19 heavy (non-hydrogen) atoms. The van der Waals surface area contributed by atoms with Crippen molar-refractivity contribution in [1.29, 1.82) is 0 Å². The first-order valence-electron chi connectivity index (χ1n) is 7.33. The minimum Gasteiger partial charge on any atom is -0.395 e. The number of H-pyrrole nitrogens is 1. The third-order valence-corrected chi connectivity index (χ3v) is 3.87. The van der Waals surface area contributed by atoms with Crippen molar-refractivity contribution in [3.63, 3.8) is 0 Å². The number of carbonyl (C=O) groups excluding carboxylic acids is 1. The summed E-state index contributed by atoms with van der Waals surface area (Å²) >= 11 is 0. The SMILES string of the molecule is CCCc1[nH]nc(C(=O)NCC2CCCCC2)c1N. The van der Waals surface area contributed by atoms with Crippen LogP contribution < -0.4 is 11.1 Å². The zero-order chi connectivity index (χ0) is 13.7. The molecule has 4 N–H and O–H groups in total. The first kappa shape index (κ1) is 13.9. The maximum Gasteiger partial charge on any atom is 0.273 e. The van der Waals surface area contributed by atoms with Gasteiger partial charge in [0.25, 0.3) is 5.91 Å². The fourth-order valence-corrected chi connectivity index (χ4v) is 2.71. The van der Waals surface area contributed by atoms with E-state index in [0.717, 1.165) is 25.1 Å². The molecule has 5 heteroatoms. The van der Waals surface area contributed by atoms with Gasteiger partial charge >= 0.3 is 0 Å². The average molecular weight is 264 g/mol. The van der Waals surface area contributed by atoms with Crippen LogP contribution in [0.4, 0.5) is 5.69 Å². The maximum absolute atomic E-state index is 12.1. The molecule has 1 heterocycles. The number of nitrogens with zero attached hydrogens (tertiary/aromatic N) is 1. The van der Waals surface area contributed by atoms with Crippen molar-refractivity contribution >= 4 is 11.6 Å². The zero-order valence-electron chi connectivity index (χ0n) is 11.7. The van der Waals surface area contributed by atoms with Gasteiger partial charge < -0.3 is 11.1 Å². The molecule has 1 aromatic heterocycles. The number of nitrogens with two attached hydrogens (primary N) is 1. The molecule has 0 spiro atoms. The molecule has 1 aliphatic carbocycles. The predicted molar refractivity (Wildman–Crippen MR) is 75.9 cm³/mol. The molecule has 0 atom stereocenters. The van der Waals surface area contributed by atoms with E-state index in [9.17, 15) is 4.79 Å². The second-order valence-electron chi connectivity index (χ2n) is 5.43. The fourth-order valence-electron chi connectivity index (χ4n) is 2.71. The summed E-state index contributed by atoms with van der Waals surface area (Å²) in [5, 5.41) is 9.86. The lowest BCUT2D eigenvalue weighted by Crippen LogP contribution is -2.31. The Hall–Kier alpha value is -1.52. The Bertz CT molecular complexity index is 421. The van der Waals surface area contributed by atoms with Crippen molar-refractivity contribution in [2.45, 2.75) is 51.9 Å². The van der Waals surface area contributed by atoms with Crippen LogP contribution in [0.15, 0.2) is 0 Å². The number of nitrogen functional groups attached to an aromatic ring is 1. The van der Waals surface area contributed by atoms with E-state index in [1.54, 1.807) is 0 Å². The van der Waals surface area contributed by atoms with Crippen molar-refractivity contribution in [2.75, 3.05) is 12.3 Å². The van der Waals surface area contributed by atoms with Crippen LogP contribution in [0.3, 0.4) is 0 Å². The number of nitrogens with one attached hydrogen (secondary N) is 2. The first-order chi connectivity index (χ1) is 9.22. The Balaban J connectivity index is 1.88. The number of anilines is 1. The summed E-state index contributed by atoms with van der Waals surface area (Å²) < 4.78 is 0. The number of hydrogen-bond acceptors (Lipinski definition) is 3. The van der Waals surface area contributed by atoms with Gasteiger partial charge in [0.15, 0.2) is 5.69 Å². The van der Waals surface area contributed by atoms with Gasteiger partial charge in [-0.15, -0.1) is 0 Å². The van der Waals surface area contributed by atoms with Crippen molar-refractivity contribution in [2.24, 2.45) is 5.92 Å². The molecular weight excluding hydrogens is 240 g/mol. The van der Waals surface area contributed by atoms with Gasteiger partial charge in [0.2, 0.25) is 0 Å². The van der Waals surface area contributed by atoms with Gasteiger partial charge in [-0.2, -0.15) is 5.10 Å². The Morgan fingerprint density at radius 2 is 2.16 bits per heavy atom. The van der Waals surface area contributed by atoms with Crippen LogP contribution in [0.5, 0.6) is 0 Å². The smallest absolute Gasteiger partial charge is 0.273 e.